The normalized spacial score (nSPS) is 36.9. The minimum absolute atomic E-state index is 0.223. The topological polar surface area (TPSA) is 20.2 Å². The molecule has 1 fully saturated rings. The molecule has 0 heterocycles. The molecule has 2 unspecified atom stereocenters. The van der Waals surface area contributed by atoms with Crippen molar-refractivity contribution in [2.24, 2.45) is 5.92 Å². The Hall–Kier alpha value is -0.300. The summed E-state index contributed by atoms with van der Waals surface area (Å²) in [6.07, 6.45) is 3.15. The number of aliphatic hydroxyl groups excluding tert-OH is 1. The maximum absolute atomic E-state index is 9.35. The highest BCUT2D eigenvalue weighted by atomic mass is 16.3. The SMILES string of the molecule is C=C1CCCC(C)C1O. The Bertz CT molecular complexity index is 118. The van der Waals surface area contributed by atoms with Crippen molar-refractivity contribution in [3.63, 3.8) is 0 Å². The van der Waals surface area contributed by atoms with Crippen molar-refractivity contribution in [2.45, 2.75) is 32.3 Å². The molecule has 0 aromatic heterocycles. The average Bonchev–Trinajstić information content (AvgIpc) is 1.83. The van der Waals surface area contributed by atoms with Crippen LogP contribution >= 0.6 is 0 Å². The van der Waals surface area contributed by atoms with Crippen molar-refractivity contribution < 1.29 is 5.11 Å². The monoisotopic (exact) mass is 126 g/mol. The predicted molar refractivity (Wildman–Crippen MR) is 38.2 cm³/mol. The lowest BCUT2D eigenvalue weighted by Gasteiger charge is -2.26. The lowest BCUT2D eigenvalue weighted by molar-refractivity contribution is 0.125. The van der Waals surface area contributed by atoms with Crippen molar-refractivity contribution in [1.29, 1.82) is 0 Å². The number of rotatable bonds is 0. The molecule has 0 radical (unpaired) electrons. The maximum Gasteiger partial charge on any atom is 0.0773 e. The van der Waals surface area contributed by atoms with Crippen LogP contribution in [0, 0.1) is 5.92 Å². The molecule has 0 spiro atoms. The first-order chi connectivity index (χ1) is 4.22. The highest BCUT2D eigenvalue weighted by molar-refractivity contribution is 5.06. The van der Waals surface area contributed by atoms with Crippen LogP contribution in [0.25, 0.3) is 0 Å². The average molecular weight is 126 g/mol. The van der Waals surface area contributed by atoms with Crippen LogP contribution in [0.4, 0.5) is 0 Å². The van der Waals surface area contributed by atoms with E-state index < -0.39 is 0 Å². The third-order valence-electron chi connectivity index (χ3n) is 2.11. The smallest absolute Gasteiger partial charge is 0.0773 e. The van der Waals surface area contributed by atoms with E-state index >= 15 is 0 Å². The molecule has 1 heteroatoms. The largest absolute Gasteiger partial charge is 0.388 e. The number of hydrogen-bond donors (Lipinski definition) is 1. The number of aliphatic hydroxyl groups is 1. The summed E-state index contributed by atoms with van der Waals surface area (Å²) in [5, 5.41) is 9.35. The van der Waals surface area contributed by atoms with Crippen molar-refractivity contribution in [1.82, 2.24) is 0 Å². The Balaban J connectivity index is 2.51. The summed E-state index contributed by atoms with van der Waals surface area (Å²) in [5.41, 5.74) is 1.02. The van der Waals surface area contributed by atoms with Gasteiger partial charge in [-0.25, -0.2) is 0 Å². The van der Waals surface area contributed by atoms with E-state index in [-0.39, 0.29) is 6.10 Å². The molecule has 2 atom stereocenters. The second kappa shape index (κ2) is 2.53. The molecule has 1 saturated carbocycles. The van der Waals surface area contributed by atoms with Crippen LogP contribution in [0.15, 0.2) is 12.2 Å². The summed E-state index contributed by atoms with van der Waals surface area (Å²) in [5.74, 6) is 0.436. The fraction of sp³-hybridized carbons (Fsp3) is 0.750. The molecular weight excluding hydrogens is 112 g/mol. The van der Waals surface area contributed by atoms with Gasteiger partial charge in [-0.15, -0.1) is 0 Å². The Morgan fingerprint density at radius 1 is 1.67 bits per heavy atom. The molecule has 1 aliphatic rings. The fourth-order valence-corrected chi connectivity index (χ4v) is 1.36. The van der Waals surface area contributed by atoms with Crippen molar-refractivity contribution in [3.05, 3.63) is 12.2 Å². The maximum atomic E-state index is 9.35. The zero-order valence-electron chi connectivity index (χ0n) is 5.93. The Morgan fingerprint density at radius 3 is 2.78 bits per heavy atom. The van der Waals surface area contributed by atoms with Crippen LogP contribution in [0.3, 0.4) is 0 Å². The molecule has 52 valence electrons. The predicted octanol–water partition coefficient (Wildman–Crippen LogP) is 1.72. The Morgan fingerprint density at radius 2 is 2.33 bits per heavy atom. The van der Waals surface area contributed by atoms with Crippen LogP contribution in [0.5, 0.6) is 0 Å². The number of hydrogen-bond acceptors (Lipinski definition) is 1. The zero-order valence-corrected chi connectivity index (χ0v) is 5.93. The molecule has 0 saturated heterocycles. The lowest BCUT2D eigenvalue weighted by atomic mass is 9.85. The summed E-state index contributed by atoms with van der Waals surface area (Å²) in [7, 11) is 0. The van der Waals surface area contributed by atoms with Gasteiger partial charge in [0.05, 0.1) is 6.10 Å². The Kier molecular flexibility index (Phi) is 1.91. The van der Waals surface area contributed by atoms with Crippen LogP contribution in [-0.4, -0.2) is 11.2 Å². The van der Waals surface area contributed by atoms with Crippen molar-refractivity contribution in [3.8, 4) is 0 Å². The molecule has 0 aromatic carbocycles. The summed E-state index contributed by atoms with van der Waals surface area (Å²) < 4.78 is 0. The summed E-state index contributed by atoms with van der Waals surface area (Å²) in [6, 6.07) is 0. The van der Waals surface area contributed by atoms with Gasteiger partial charge in [0.15, 0.2) is 0 Å². The molecule has 1 aliphatic carbocycles. The molecule has 0 aromatic rings. The van der Waals surface area contributed by atoms with Gasteiger partial charge in [-0.1, -0.05) is 13.5 Å². The minimum Gasteiger partial charge on any atom is -0.388 e. The zero-order chi connectivity index (χ0) is 6.85. The van der Waals surface area contributed by atoms with Gasteiger partial charge in [0.25, 0.3) is 0 Å². The standard InChI is InChI=1S/C8H14O/c1-6-4-3-5-7(2)8(6)9/h7-9H,1,3-5H2,2H3. The van der Waals surface area contributed by atoms with Crippen LogP contribution < -0.4 is 0 Å². The molecular formula is C8H14O. The molecule has 9 heavy (non-hydrogen) atoms. The summed E-state index contributed by atoms with van der Waals surface area (Å²) in [4.78, 5) is 0. The van der Waals surface area contributed by atoms with Gasteiger partial charge in [-0.05, 0) is 30.8 Å². The van der Waals surface area contributed by atoms with Crippen LogP contribution in [0.1, 0.15) is 26.2 Å². The van der Waals surface area contributed by atoms with E-state index in [0.29, 0.717) is 5.92 Å². The highest BCUT2D eigenvalue weighted by Gasteiger charge is 2.21. The Labute approximate surface area is 56.4 Å². The first-order valence-electron chi connectivity index (χ1n) is 3.57. The highest BCUT2D eigenvalue weighted by Crippen LogP contribution is 2.26. The second-order valence-electron chi connectivity index (χ2n) is 2.97. The van der Waals surface area contributed by atoms with Crippen LogP contribution in [-0.2, 0) is 0 Å². The van der Waals surface area contributed by atoms with E-state index in [1.165, 1.54) is 6.42 Å². The molecule has 0 bridgehead atoms. The van der Waals surface area contributed by atoms with Gasteiger partial charge in [-0.3, -0.25) is 0 Å². The van der Waals surface area contributed by atoms with E-state index in [1.54, 1.807) is 0 Å². The van der Waals surface area contributed by atoms with Gasteiger partial charge >= 0.3 is 0 Å². The quantitative estimate of drug-likeness (QED) is 0.490. The molecule has 0 aliphatic heterocycles. The fourth-order valence-electron chi connectivity index (χ4n) is 1.36. The van der Waals surface area contributed by atoms with Gasteiger partial charge < -0.3 is 5.11 Å². The molecule has 1 rings (SSSR count). The van der Waals surface area contributed by atoms with Crippen molar-refractivity contribution >= 4 is 0 Å². The first-order valence-corrected chi connectivity index (χ1v) is 3.57. The van der Waals surface area contributed by atoms with Gasteiger partial charge in [0.1, 0.15) is 0 Å². The molecule has 1 nitrogen and oxygen atoms in total. The summed E-state index contributed by atoms with van der Waals surface area (Å²) >= 11 is 0. The van der Waals surface area contributed by atoms with E-state index in [0.717, 1.165) is 18.4 Å². The van der Waals surface area contributed by atoms with E-state index in [2.05, 4.69) is 13.5 Å². The van der Waals surface area contributed by atoms with E-state index in [9.17, 15) is 5.11 Å². The lowest BCUT2D eigenvalue weighted by Crippen LogP contribution is -2.23. The van der Waals surface area contributed by atoms with Gasteiger partial charge in [0.2, 0.25) is 0 Å². The minimum atomic E-state index is -0.223. The van der Waals surface area contributed by atoms with E-state index in [1.807, 2.05) is 0 Å². The second-order valence-corrected chi connectivity index (χ2v) is 2.97. The van der Waals surface area contributed by atoms with E-state index in [4.69, 9.17) is 0 Å². The van der Waals surface area contributed by atoms with Gasteiger partial charge in [-0.2, -0.15) is 0 Å². The first kappa shape index (κ1) is 6.81. The molecule has 0 amide bonds. The summed E-state index contributed by atoms with van der Waals surface area (Å²) in [6.45, 7) is 5.87. The third kappa shape index (κ3) is 1.33. The van der Waals surface area contributed by atoms with Crippen molar-refractivity contribution in [2.75, 3.05) is 0 Å². The third-order valence-corrected chi connectivity index (χ3v) is 2.11. The molecule has 1 N–H and O–H groups in total. The van der Waals surface area contributed by atoms with Crippen LogP contribution in [0.2, 0.25) is 0 Å². The van der Waals surface area contributed by atoms with Gasteiger partial charge in [0, 0.05) is 0 Å².